The SMILES string of the molecule is COC(=O)c1ccc(C(c2c(O)oc3ccccc3c2=O)c2c(O)oc3ccccc3c2=O)cc1. The van der Waals surface area contributed by atoms with Gasteiger partial charge in [-0.05, 0) is 42.0 Å². The smallest absolute Gasteiger partial charge is 0.337 e. The number of methoxy groups -OCH3 is 1. The van der Waals surface area contributed by atoms with Crippen LogP contribution < -0.4 is 10.9 Å². The Balaban J connectivity index is 1.86. The molecule has 0 fully saturated rings. The van der Waals surface area contributed by atoms with Crippen molar-refractivity contribution < 1.29 is 28.6 Å². The zero-order valence-electron chi connectivity index (χ0n) is 18.3. The predicted octanol–water partition coefficient (Wildman–Crippen LogP) is 4.28. The van der Waals surface area contributed by atoms with Crippen molar-refractivity contribution >= 4 is 27.9 Å². The zero-order chi connectivity index (χ0) is 24.7. The lowest BCUT2D eigenvalue weighted by molar-refractivity contribution is 0.0600. The summed E-state index contributed by atoms with van der Waals surface area (Å²) in [5, 5.41) is 22.0. The van der Waals surface area contributed by atoms with E-state index >= 15 is 0 Å². The van der Waals surface area contributed by atoms with Crippen LogP contribution in [-0.4, -0.2) is 23.3 Å². The fourth-order valence-electron chi connectivity index (χ4n) is 4.21. The molecule has 2 aromatic heterocycles. The van der Waals surface area contributed by atoms with Crippen molar-refractivity contribution in [3.8, 4) is 11.9 Å². The molecule has 0 saturated carbocycles. The Bertz CT molecular complexity index is 1610. The summed E-state index contributed by atoms with van der Waals surface area (Å²) in [4.78, 5) is 39.0. The molecule has 2 N–H and O–H groups in total. The van der Waals surface area contributed by atoms with Crippen molar-refractivity contribution in [2.24, 2.45) is 0 Å². The number of carbonyl (C=O) groups excluding carboxylic acids is 1. The van der Waals surface area contributed by atoms with Crippen LogP contribution in [0.4, 0.5) is 0 Å². The number of rotatable bonds is 4. The molecule has 0 aliphatic rings. The van der Waals surface area contributed by atoms with Gasteiger partial charge in [-0.3, -0.25) is 9.59 Å². The fourth-order valence-corrected chi connectivity index (χ4v) is 4.21. The molecule has 0 unspecified atom stereocenters. The van der Waals surface area contributed by atoms with Crippen LogP contribution in [0.1, 0.15) is 33.0 Å². The molecule has 8 heteroatoms. The van der Waals surface area contributed by atoms with E-state index in [1.54, 1.807) is 24.3 Å². The van der Waals surface area contributed by atoms with E-state index in [9.17, 15) is 24.6 Å². The van der Waals surface area contributed by atoms with Crippen LogP contribution in [0.15, 0.2) is 91.2 Å². The van der Waals surface area contributed by atoms with Gasteiger partial charge in [-0.25, -0.2) is 4.79 Å². The van der Waals surface area contributed by atoms with Crippen LogP contribution in [0.5, 0.6) is 11.9 Å². The molecule has 5 rings (SSSR count). The Morgan fingerprint density at radius 2 is 1.20 bits per heavy atom. The van der Waals surface area contributed by atoms with Gasteiger partial charge in [0.1, 0.15) is 11.2 Å². The molecule has 2 heterocycles. The van der Waals surface area contributed by atoms with Gasteiger partial charge in [0, 0.05) is 0 Å². The van der Waals surface area contributed by atoms with E-state index < -0.39 is 34.6 Å². The fraction of sp³-hybridized carbons (Fsp3) is 0.0741. The summed E-state index contributed by atoms with van der Waals surface area (Å²) in [6.45, 7) is 0. The van der Waals surface area contributed by atoms with Gasteiger partial charge in [-0.1, -0.05) is 36.4 Å². The van der Waals surface area contributed by atoms with Crippen molar-refractivity contribution in [2.45, 2.75) is 5.92 Å². The molecule has 0 aliphatic carbocycles. The molecule has 0 saturated heterocycles. The molecule has 35 heavy (non-hydrogen) atoms. The summed E-state index contributed by atoms with van der Waals surface area (Å²) in [6, 6.07) is 18.6. The van der Waals surface area contributed by atoms with Crippen LogP contribution >= 0.6 is 0 Å². The number of carbonyl (C=O) groups is 1. The minimum atomic E-state index is -1.27. The normalized spacial score (nSPS) is 11.3. The zero-order valence-corrected chi connectivity index (χ0v) is 18.3. The lowest BCUT2D eigenvalue weighted by Gasteiger charge is -2.19. The maximum absolute atomic E-state index is 13.5. The maximum atomic E-state index is 13.5. The summed E-state index contributed by atoms with van der Waals surface area (Å²) in [6.07, 6.45) is 0. The summed E-state index contributed by atoms with van der Waals surface area (Å²) >= 11 is 0. The largest absolute Gasteiger partial charge is 0.480 e. The molecule has 3 aromatic carbocycles. The maximum Gasteiger partial charge on any atom is 0.337 e. The second kappa shape index (κ2) is 8.49. The number of hydrogen-bond donors (Lipinski definition) is 2. The molecule has 174 valence electrons. The molecule has 0 radical (unpaired) electrons. The minimum Gasteiger partial charge on any atom is -0.480 e. The van der Waals surface area contributed by atoms with Gasteiger partial charge in [0.15, 0.2) is 0 Å². The Morgan fingerprint density at radius 1 is 0.743 bits per heavy atom. The molecule has 5 aromatic rings. The van der Waals surface area contributed by atoms with E-state index in [0.717, 1.165) is 0 Å². The third-order valence-corrected chi connectivity index (χ3v) is 5.87. The van der Waals surface area contributed by atoms with Gasteiger partial charge < -0.3 is 23.8 Å². The van der Waals surface area contributed by atoms with Crippen LogP contribution in [0.3, 0.4) is 0 Å². The van der Waals surface area contributed by atoms with Gasteiger partial charge in [0.05, 0.1) is 40.5 Å². The standard InChI is InChI=1S/C27H18O8/c1-33-25(30)15-12-10-14(11-13-15)20(21-23(28)16-6-2-4-8-18(16)34-26(21)31)22-24(29)17-7-3-5-9-19(17)35-27(22)32/h2-13,20,31-32H,1H3. The van der Waals surface area contributed by atoms with Gasteiger partial charge in [-0.15, -0.1) is 0 Å². The summed E-state index contributed by atoms with van der Waals surface area (Å²) in [5.41, 5.74) is -0.800. The van der Waals surface area contributed by atoms with Gasteiger partial charge in [0.25, 0.3) is 11.9 Å². The summed E-state index contributed by atoms with van der Waals surface area (Å²) in [7, 11) is 1.25. The van der Waals surface area contributed by atoms with Crippen molar-refractivity contribution in [3.05, 3.63) is 115 Å². The Kier molecular flexibility index (Phi) is 5.33. The highest BCUT2D eigenvalue weighted by Gasteiger charge is 2.32. The summed E-state index contributed by atoms with van der Waals surface area (Å²) in [5.74, 6) is -3.26. The predicted molar refractivity (Wildman–Crippen MR) is 127 cm³/mol. The Labute approximate surface area is 197 Å². The number of para-hydroxylation sites is 2. The van der Waals surface area contributed by atoms with Crippen molar-refractivity contribution in [3.63, 3.8) is 0 Å². The number of ether oxygens (including phenoxy) is 1. The van der Waals surface area contributed by atoms with Crippen molar-refractivity contribution in [1.29, 1.82) is 0 Å². The Morgan fingerprint density at radius 3 is 1.66 bits per heavy atom. The summed E-state index contributed by atoms with van der Waals surface area (Å²) < 4.78 is 15.8. The average molecular weight is 470 g/mol. The first kappa shape index (κ1) is 22.0. The van der Waals surface area contributed by atoms with E-state index in [2.05, 4.69) is 0 Å². The Hall–Kier alpha value is -4.85. The topological polar surface area (TPSA) is 127 Å². The first-order valence-corrected chi connectivity index (χ1v) is 10.6. The third kappa shape index (κ3) is 3.61. The monoisotopic (exact) mass is 470 g/mol. The van der Waals surface area contributed by atoms with Crippen LogP contribution in [-0.2, 0) is 4.74 Å². The van der Waals surface area contributed by atoms with Gasteiger partial charge in [-0.2, -0.15) is 0 Å². The first-order chi connectivity index (χ1) is 16.9. The molecule has 8 nitrogen and oxygen atoms in total. The number of benzene rings is 3. The number of hydrogen-bond acceptors (Lipinski definition) is 8. The quantitative estimate of drug-likeness (QED) is 0.373. The van der Waals surface area contributed by atoms with Crippen LogP contribution in [0.2, 0.25) is 0 Å². The molecular weight excluding hydrogens is 452 g/mol. The highest BCUT2D eigenvalue weighted by Crippen LogP contribution is 2.39. The molecule has 0 bridgehead atoms. The van der Waals surface area contributed by atoms with Crippen LogP contribution in [0.25, 0.3) is 21.9 Å². The van der Waals surface area contributed by atoms with E-state index in [0.29, 0.717) is 5.56 Å². The molecule has 0 spiro atoms. The number of esters is 1. The minimum absolute atomic E-state index is 0.160. The lowest BCUT2D eigenvalue weighted by Crippen LogP contribution is -2.22. The average Bonchev–Trinajstić information content (AvgIpc) is 2.87. The first-order valence-electron chi connectivity index (χ1n) is 10.6. The lowest BCUT2D eigenvalue weighted by atomic mass is 9.84. The van der Waals surface area contributed by atoms with Gasteiger partial charge >= 0.3 is 5.97 Å². The molecule has 0 atom stereocenters. The highest BCUT2D eigenvalue weighted by atomic mass is 16.5. The van der Waals surface area contributed by atoms with E-state index in [4.69, 9.17) is 13.6 Å². The second-order valence-corrected chi connectivity index (χ2v) is 7.84. The number of fused-ring (bicyclic) bond motifs is 2. The van der Waals surface area contributed by atoms with E-state index in [1.807, 2.05) is 0 Å². The molecule has 0 amide bonds. The molecule has 0 aliphatic heterocycles. The van der Waals surface area contributed by atoms with Crippen molar-refractivity contribution in [2.75, 3.05) is 7.11 Å². The number of aromatic hydroxyl groups is 2. The molecular formula is C27H18O8. The van der Waals surface area contributed by atoms with Crippen molar-refractivity contribution in [1.82, 2.24) is 0 Å². The third-order valence-electron chi connectivity index (χ3n) is 5.87. The van der Waals surface area contributed by atoms with Crippen LogP contribution in [0, 0.1) is 0 Å². The second-order valence-electron chi connectivity index (χ2n) is 7.84. The van der Waals surface area contributed by atoms with Gasteiger partial charge in [0.2, 0.25) is 10.9 Å². The highest BCUT2D eigenvalue weighted by molar-refractivity contribution is 5.89. The van der Waals surface area contributed by atoms with E-state index in [1.165, 1.54) is 55.6 Å². The van der Waals surface area contributed by atoms with E-state index in [-0.39, 0.29) is 38.6 Å².